The number of amides is 1. The fraction of sp³-hybridized carbons (Fsp3) is 0.353. The van der Waals surface area contributed by atoms with Crippen molar-refractivity contribution in [2.75, 3.05) is 6.54 Å². The van der Waals surface area contributed by atoms with Gasteiger partial charge < -0.3 is 5.32 Å². The Hall–Kier alpha value is -2.01. The second-order valence-corrected chi connectivity index (χ2v) is 6.82. The molecule has 0 unspecified atom stereocenters. The number of hydrogen-bond donors (Lipinski definition) is 1. The second kappa shape index (κ2) is 5.65. The average molecular weight is 311 g/mol. The number of nitrogens with zero attached hydrogens (tertiary/aromatic N) is 2. The van der Waals surface area contributed by atoms with Gasteiger partial charge in [-0.15, -0.1) is 5.10 Å². The van der Waals surface area contributed by atoms with Gasteiger partial charge in [-0.3, -0.25) is 4.79 Å². The van der Waals surface area contributed by atoms with E-state index in [9.17, 15) is 4.79 Å². The maximum Gasteiger partial charge on any atom is 0.265 e. The molecule has 2 aliphatic rings. The van der Waals surface area contributed by atoms with Gasteiger partial charge in [-0.1, -0.05) is 47.0 Å². The lowest BCUT2D eigenvalue weighted by molar-refractivity contribution is 0.0949. The molecule has 112 valence electrons. The highest BCUT2D eigenvalue weighted by molar-refractivity contribution is 7.08. The fourth-order valence-electron chi connectivity index (χ4n) is 3.56. The minimum Gasteiger partial charge on any atom is -0.351 e. The van der Waals surface area contributed by atoms with Crippen molar-refractivity contribution in [3.05, 3.63) is 47.4 Å². The van der Waals surface area contributed by atoms with Gasteiger partial charge in [0.05, 0.1) is 0 Å². The van der Waals surface area contributed by atoms with E-state index in [1.807, 2.05) is 30.3 Å². The number of nitrogens with one attached hydrogen (secondary N) is 1. The molecule has 1 saturated carbocycles. The quantitative estimate of drug-likeness (QED) is 0.883. The van der Waals surface area contributed by atoms with Gasteiger partial charge in [0.25, 0.3) is 5.91 Å². The molecule has 1 aromatic carbocycles. The summed E-state index contributed by atoms with van der Waals surface area (Å²) in [5.41, 5.74) is 1.61. The minimum atomic E-state index is -0.0550. The molecule has 0 aliphatic heterocycles. The van der Waals surface area contributed by atoms with Crippen LogP contribution in [0.3, 0.4) is 0 Å². The normalized spacial score (nSPS) is 25.5. The van der Waals surface area contributed by atoms with Crippen molar-refractivity contribution in [1.82, 2.24) is 14.9 Å². The van der Waals surface area contributed by atoms with Crippen molar-refractivity contribution in [2.45, 2.75) is 12.8 Å². The highest BCUT2D eigenvalue weighted by atomic mass is 32.1. The summed E-state index contributed by atoms with van der Waals surface area (Å²) in [5, 5.41) is 7.20. The van der Waals surface area contributed by atoms with Gasteiger partial charge in [-0.05, 0) is 42.1 Å². The lowest BCUT2D eigenvalue weighted by atomic mass is 9.93. The van der Waals surface area contributed by atoms with Crippen LogP contribution in [0, 0.1) is 17.8 Å². The van der Waals surface area contributed by atoms with E-state index in [1.54, 1.807) is 0 Å². The largest absolute Gasteiger partial charge is 0.351 e. The average Bonchev–Trinajstić information content (AvgIpc) is 3.29. The highest BCUT2D eigenvalue weighted by Crippen LogP contribution is 2.43. The molecule has 1 heterocycles. The van der Waals surface area contributed by atoms with Crippen LogP contribution in [0.1, 0.15) is 22.5 Å². The summed E-state index contributed by atoms with van der Waals surface area (Å²) in [4.78, 5) is 13.1. The predicted octanol–water partition coefficient (Wildman–Crippen LogP) is 3.15. The van der Waals surface area contributed by atoms with Crippen LogP contribution in [0.2, 0.25) is 0 Å². The summed E-state index contributed by atoms with van der Waals surface area (Å²) in [5.74, 6) is 1.91. The molecule has 1 aromatic heterocycles. The number of carbonyl (C=O) groups is 1. The molecule has 0 radical (unpaired) electrons. The standard InChI is InChI=1S/C17H17N3OS/c21-17(18-10-14-9-11-6-7-13(14)8-11)16-15(19-20-22-16)12-4-2-1-3-5-12/h1-7,11,13-14H,8-10H2,(H,18,21)/t11-,13-,14+/m0/s1. The lowest BCUT2D eigenvalue weighted by Crippen LogP contribution is -2.30. The molecule has 1 fully saturated rings. The predicted molar refractivity (Wildman–Crippen MR) is 86.5 cm³/mol. The van der Waals surface area contributed by atoms with Crippen LogP contribution in [0.25, 0.3) is 11.3 Å². The molecule has 2 aromatic rings. The van der Waals surface area contributed by atoms with Crippen LogP contribution in [0.4, 0.5) is 0 Å². The smallest absolute Gasteiger partial charge is 0.265 e. The van der Waals surface area contributed by atoms with Crippen LogP contribution in [0.15, 0.2) is 42.5 Å². The van der Waals surface area contributed by atoms with Crippen molar-refractivity contribution in [1.29, 1.82) is 0 Å². The summed E-state index contributed by atoms with van der Waals surface area (Å²) in [6, 6.07) is 9.74. The molecular formula is C17H17N3OS. The second-order valence-electron chi connectivity index (χ2n) is 6.07. The Kier molecular flexibility index (Phi) is 3.50. The fourth-order valence-corrected chi connectivity index (χ4v) is 4.16. The zero-order valence-electron chi connectivity index (χ0n) is 12.1. The maximum absolute atomic E-state index is 12.5. The summed E-state index contributed by atoms with van der Waals surface area (Å²) >= 11 is 1.16. The van der Waals surface area contributed by atoms with E-state index in [0.717, 1.165) is 29.6 Å². The Morgan fingerprint density at radius 1 is 1.23 bits per heavy atom. The first-order valence-electron chi connectivity index (χ1n) is 7.65. The van der Waals surface area contributed by atoms with E-state index >= 15 is 0 Å². The highest BCUT2D eigenvalue weighted by Gasteiger charge is 2.35. The van der Waals surface area contributed by atoms with Crippen molar-refractivity contribution in [3.8, 4) is 11.3 Å². The molecular weight excluding hydrogens is 294 g/mol. The molecule has 2 aliphatic carbocycles. The van der Waals surface area contributed by atoms with Crippen molar-refractivity contribution in [3.63, 3.8) is 0 Å². The molecule has 22 heavy (non-hydrogen) atoms. The Morgan fingerprint density at radius 3 is 2.82 bits per heavy atom. The molecule has 4 nitrogen and oxygen atoms in total. The zero-order valence-corrected chi connectivity index (χ0v) is 12.9. The van der Waals surface area contributed by atoms with Crippen molar-refractivity contribution >= 4 is 17.4 Å². The van der Waals surface area contributed by atoms with Crippen molar-refractivity contribution in [2.24, 2.45) is 17.8 Å². The molecule has 0 spiro atoms. The minimum absolute atomic E-state index is 0.0550. The van der Waals surface area contributed by atoms with E-state index in [0.29, 0.717) is 22.4 Å². The summed E-state index contributed by atoms with van der Waals surface area (Å²) in [6.45, 7) is 0.746. The van der Waals surface area contributed by atoms with E-state index in [4.69, 9.17) is 0 Å². The Balaban J connectivity index is 1.45. The monoisotopic (exact) mass is 311 g/mol. The van der Waals surface area contributed by atoms with Gasteiger partial charge in [0.1, 0.15) is 10.6 Å². The van der Waals surface area contributed by atoms with Crippen LogP contribution < -0.4 is 5.32 Å². The number of carbonyl (C=O) groups excluding carboxylic acids is 1. The first-order chi connectivity index (χ1) is 10.8. The van der Waals surface area contributed by atoms with Crippen LogP contribution in [-0.2, 0) is 0 Å². The number of fused-ring (bicyclic) bond motifs is 2. The first-order valence-corrected chi connectivity index (χ1v) is 8.43. The van der Waals surface area contributed by atoms with Gasteiger partial charge in [-0.2, -0.15) is 0 Å². The van der Waals surface area contributed by atoms with Crippen molar-refractivity contribution < 1.29 is 4.79 Å². The third kappa shape index (κ3) is 2.46. The summed E-state index contributed by atoms with van der Waals surface area (Å²) < 4.78 is 3.96. The molecule has 5 heteroatoms. The van der Waals surface area contributed by atoms with Crippen LogP contribution in [-0.4, -0.2) is 22.0 Å². The van der Waals surface area contributed by atoms with Crippen LogP contribution in [0.5, 0.6) is 0 Å². The maximum atomic E-state index is 12.5. The Labute approximate surface area is 133 Å². The van der Waals surface area contributed by atoms with E-state index in [1.165, 1.54) is 12.8 Å². The first kappa shape index (κ1) is 13.6. The van der Waals surface area contributed by atoms with E-state index in [2.05, 4.69) is 27.1 Å². The van der Waals surface area contributed by atoms with Gasteiger partial charge >= 0.3 is 0 Å². The van der Waals surface area contributed by atoms with Gasteiger partial charge in [0, 0.05) is 12.1 Å². The zero-order chi connectivity index (χ0) is 14.9. The molecule has 0 saturated heterocycles. The number of aromatic nitrogens is 2. The summed E-state index contributed by atoms with van der Waals surface area (Å²) in [7, 11) is 0. The van der Waals surface area contributed by atoms with Gasteiger partial charge in [0.15, 0.2) is 0 Å². The molecule has 4 rings (SSSR count). The molecule has 1 amide bonds. The van der Waals surface area contributed by atoms with E-state index in [-0.39, 0.29) is 5.91 Å². The third-order valence-electron chi connectivity index (χ3n) is 4.68. The molecule has 2 bridgehead atoms. The Bertz CT molecular complexity index is 710. The number of benzene rings is 1. The number of rotatable bonds is 4. The lowest BCUT2D eigenvalue weighted by Gasteiger charge is -2.18. The Morgan fingerprint density at radius 2 is 2.09 bits per heavy atom. The SMILES string of the molecule is O=C(NC[C@H]1C[C@H]2C=C[C@H]1C2)c1snnc1-c1ccccc1. The topological polar surface area (TPSA) is 54.9 Å². The third-order valence-corrected chi connectivity index (χ3v) is 5.41. The summed E-state index contributed by atoms with van der Waals surface area (Å²) in [6.07, 6.45) is 7.10. The number of hydrogen-bond acceptors (Lipinski definition) is 4. The van der Waals surface area contributed by atoms with Crippen LogP contribution >= 0.6 is 11.5 Å². The molecule has 3 atom stereocenters. The van der Waals surface area contributed by atoms with Gasteiger partial charge in [-0.25, -0.2) is 0 Å². The molecule has 1 N–H and O–H groups in total. The number of allylic oxidation sites excluding steroid dienone is 2. The van der Waals surface area contributed by atoms with E-state index < -0.39 is 0 Å². The van der Waals surface area contributed by atoms with Gasteiger partial charge in [0.2, 0.25) is 0 Å².